The minimum atomic E-state index is 0.607. The summed E-state index contributed by atoms with van der Waals surface area (Å²) in [5.74, 6) is 1.01. The zero-order chi connectivity index (χ0) is 16.4. The molecule has 0 radical (unpaired) electrons. The number of fused-ring (bicyclic) bond motifs is 1. The number of piperazine rings is 1. The van der Waals surface area contributed by atoms with Crippen LogP contribution in [-0.4, -0.2) is 37.1 Å². The first-order valence-electron chi connectivity index (χ1n) is 9.76. The van der Waals surface area contributed by atoms with Crippen molar-refractivity contribution in [2.75, 3.05) is 31.1 Å². The van der Waals surface area contributed by atoms with Crippen LogP contribution in [0.2, 0.25) is 0 Å². The van der Waals surface area contributed by atoms with E-state index in [0.29, 0.717) is 6.04 Å². The predicted octanol–water partition coefficient (Wildman–Crippen LogP) is 5.38. The van der Waals surface area contributed by atoms with E-state index < -0.39 is 0 Å². The largest absolute Gasteiger partial charge is 0.366 e. The van der Waals surface area contributed by atoms with Gasteiger partial charge in [0.2, 0.25) is 0 Å². The maximum atomic E-state index is 2.71. The monoisotopic (exact) mass is 342 g/mol. The van der Waals surface area contributed by atoms with Gasteiger partial charge in [-0.1, -0.05) is 38.2 Å². The number of benzene rings is 1. The minimum Gasteiger partial charge on any atom is -0.366 e. The molecule has 2 heterocycles. The molecule has 2 nitrogen and oxygen atoms in total. The second kappa shape index (κ2) is 7.45. The lowest BCUT2D eigenvalue weighted by Gasteiger charge is -2.42. The zero-order valence-corrected chi connectivity index (χ0v) is 15.7. The van der Waals surface area contributed by atoms with Crippen LogP contribution in [-0.2, 0) is 0 Å². The van der Waals surface area contributed by atoms with Crippen molar-refractivity contribution >= 4 is 27.1 Å². The predicted molar refractivity (Wildman–Crippen MR) is 106 cm³/mol. The molecule has 0 spiro atoms. The second-order valence-corrected chi connectivity index (χ2v) is 8.69. The molecular formula is C21H30N2S. The molecule has 1 unspecified atom stereocenters. The first kappa shape index (κ1) is 16.4. The molecule has 0 amide bonds. The van der Waals surface area contributed by atoms with Gasteiger partial charge in [0.05, 0.1) is 0 Å². The van der Waals surface area contributed by atoms with E-state index in [1.165, 1.54) is 80.5 Å². The summed E-state index contributed by atoms with van der Waals surface area (Å²) in [6.07, 6.45) is 8.80. The van der Waals surface area contributed by atoms with Crippen LogP contribution in [0.25, 0.3) is 10.1 Å². The molecule has 1 aliphatic heterocycles. The fourth-order valence-electron chi connectivity index (χ4n) is 4.66. The van der Waals surface area contributed by atoms with Gasteiger partial charge in [-0.3, -0.25) is 4.90 Å². The van der Waals surface area contributed by atoms with E-state index in [4.69, 9.17) is 0 Å². The Morgan fingerprint density at radius 2 is 1.96 bits per heavy atom. The molecule has 0 N–H and O–H groups in total. The fraction of sp³-hybridized carbons (Fsp3) is 0.619. The Morgan fingerprint density at radius 3 is 2.79 bits per heavy atom. The third-order valence-corrected chi connectivity index (χ3v) is 6.95. The zero-order valence-electron chi connectivity index (χ0n) is 14.9. The molecule has 130 valence electrons. The summed E-state index contributed by atoms with van der Waals surface area (Å²) in [7, 11) is 0. The third kappa shape index (κ3) is 3.48. The Bertz CT molecular complexity index is 659. The molecule has 1 saturated carbocycles. The first-order chi connectivity index (χ1) is 11.8. The summed E-state index contributed by atoms with van der Waals surface area (Å²) >= 11 is 1.85. The number of rotatable bonds is 4. The van der Waals surface area contributed by atoms with Crippen LogP contribution in [0.5, 0.6) is 0 Å². The van der Waals surface area contributed by atoms with Crippen LogP contribution in [0.1, 0.15) is 45.4 Å². The highest BCUT2D eigenvalue weighted by Crippen LogP contribution is 2.33. The average Bonchev–Trinajstić information content (AvgIpc) is 3.10. The highest BCUT2D eigenvalue weighted by molar-refractivity contribution is 7.17. The summed E-state index contributed by atoms with van der Waals surface area (Å²) in [5, 5.41) is 3.66. The highest BCUT2D eigenvalue weighted by Gasteiger charge is 2.25. The first-order valence-corrected chi connectivity index (χ1v) is 10.6. The van der Waals surface area contributed by atoms with Crippen molar-refractivity contribution in [3.63, 3.8) is 0 Å². The van der Waals surface area contributed by atoms with Gasteiger partial charge in [0, 0.05) is 41.4 Å². The number of thiophene rings is 1. The third-order valence-electron chi connectivity index (χ3n) is 6.07. The molecular weight excluding hydrogens is 312 g/mol. The average molecular weight is 343 g/mol. The second-order valence-electron chi connectivity index (χ2n) is 7.75. The molecule has 1 saturated heterocycles. The number of hydrogen-bond acceptors (Lipinski definition) is 3. The maximum absolute atomic E-state index is 2.71. The van der Waals surface area contributed by atoms with Crippen LogP contribution >= 0.6 is 11.3 Å². The molecule has 2 aliphatic rings. The molecule has 2 aromatic rings. The van der Waals surface area contributed by atoms with Crippen LogP contribution in [0.15, 0.2) is 29.6 Å². The van der Waals surface area contributed by atoms with E-state index in [-0.39, 0.29) is 0 Å². The van der Waals surface area contributed by atoms with Crippen molar-refractivity contribution in [1.29, 1.82) is 0 Å². The van der Waals surface area contributed by atoms with Crippen molar-refractivity contribution in [2.24, 2.45) is 5.92 Å². The van der Waals surface area contributed by atoms with E-state index >= 15 is 0 Å². The summed E-state index contributed by atoms with van der Waals surface area (Å²) in [5.41, 5.74) is 1.44. The lowest BCUT2D eigenvalue weighted by atomic mass is 9.87. The Balaban J connectivity index is 1.37. The number of nitrogens with zero attached hydrogens (tertiary/aromatic N) is 2. The van der Waals surface area contributed by atoms with E-state index in [2.05, 4.69) is 46.4 Å². The SMILES string of the molecule is CC1CN(CCC2CCCCC2)CCN1c1cccc2sccc12. The molecule has 3 heteroatoms. The Kier molecular flexibility index (Phi) is 5.09. The normalized spacial score (nSPS) is 23.9. The van der Waals surface area contributed by atoms with Crippen LogP contribution < -0.4 is 4.90 Å². The van der Waals surface area contributed by atoms with Crippen molar-refractivity contribution in [2.45, 2.75) is 51.5 Å². The summed E-state index contributed by atoms with van der Waals surface area (Å²) < 4.78 is 1.42. The molecule has 0 bridgehead atoms. The fourth-order valence-corrected chi connectivity index (χ4v) is 5.47. The molecule has 1 aliphatic carbocycles. The molecule has 1 aromatic heterocycles. The number of hydrogen-bond donors (Lipinski definition) is 0. The molecule has 2 fully saturated rings. The van der Waals surface area contributed by atoms with Gasteiger partial charge in [-0.05, 0) is 49.4 Å². The van der Waals surface area contributed by atoms with Crippen molar-refractivity contribution in [1.82, 2.24) is 4.90 Å². The molecule has 1 atom stereocenters. The van der Waals surface area contributed by atoms with E-state index in [9.17, 15) is 0 Å². The van der Waals surface area contributed by atoms with Crippen LogP contribution in [0.3, 0.4) is 0 Å². The van der Waals surface area contributed by atoms with E-state index in [1.54, 1.807) is 0 Å². The van der Waals surface area contributed by atoms with Gasteiger partial charge in [-0.2, -0.15) is 0 Å². The van der Waals surface area contributed by atoms with Crippen LogP contribution in [0.4, 0.5) is 5.69 Å². The summed E-state index contributed by atoms with van der Waals surface area (Å²) in [6, 6.07) is 9.67. The topological polar surface area (TPSA) is 6.48 Å². The minimum absolute atomic E-state index is 0.607. The van der Waals surface area contributed by atoms with E-state index in [1.807, 2.05) is 11.3 Å². The quantitative estimate of drug-likeness (QED) is 0.736. The lowest BCUT2D eigenvalue weighted by molar-refractivity contribution is 0.201. The Morgan fingerprint density at radius 1 is 1.08 bits per heavy atom. The van der Waals surface area contributed by atoms with Gasteiger partial charge in [0.1, 0.15) is 0 Å². The molecule has 1 aromatic carbocycles. The molecule has 4 rings (SSSR count). The summed E-state index contributed by atoms with van der Waals surface area (Å²) in [6.45, 7) is 7.31. The Hall–Kier alpha value is -1.06. The van der Waals surface area contributed by atoms with Crippen molar-refractivity contribution < 1.29 is 0 Å². The van der Waals surface area contributed by atoms with Crippen molar-refractivity contribution in [3.8, 4) is 0 Å². The van der Waals surface area contributed by atoms with Crippen LogP contribution in [0, 0.1) is 5.92 Å². The molecule has 24 heavy (non-hydrogen) atoms. The van der Waals surface area contributed by atoms with Gasteiger partial charge in [0.25, 0.3) is 0 Å². The summed E-state index contributed by atoms with van der Waals surface area (Å²) in [4.78, 5) is 5.34. The Labute approximate surface area is 150 Å². The number of anilines is 1. The van der Waals surface area contributed by atoms with Gasteiger partial charge >= 0.3 is 0 Å². The van der Waals surface area contributed by atoms with Gasteiger partial charge in [0.15, 0.2) is 0 Å². The highest BCUT2D eigenvalue weighted by atomic mass is 32.1. The van der Waals surface area contributed by atoms with Gasteiger partial charge in [-0.15, -0.1) is 11.3 Å². The van der Waals surface area contributed by atoms with Gasteiger partial charge in [-0.25, -0.2) is 0 Å². The lowest BCUT2D eigenvalue weighted by Crippen LogP contribution is -2.52. The maximum Gasteiger partial charge on any atom is 0.0457 e. The standard InChI is InChI=1S/C21H30N2S/c1-17-16-22(12-10-18-6-3-2-4-7-18)13-14-23(17)20-8-5-9-21-19(20)11-15-24-21/h5,8-9,11,15,17-18H,2-4,6-7,10,12-14,16H2,1H3. The van der Waals surface area contributed by atoms with E-state index in [0.717, 1.165) is 5.92 Å². The smallest absolute Gasteiger partial charge is 0.0457 e. The van der Waals surface area contributed by atoms with Crippen molar-refractivity contribution in [3.05, 3.63) is 29.6 Å². The van der Waals surface area contributed by atoms with Gasteiger partial charge < -0.3 is 4.90 Å².